The number of hydrogen-bond acceptors (Lipinski definition) is 4. The maximum absolute atomic E-state index is 13.7. The Bertz CT molecular complexity index is 587. The van der Waals surface area contributed by atoms with Gasteiger partial charge in [-0.25, -0.2) is 4.39 Å². The first-order valence-corrected chi connectivity index (χ1v) is 6.26. The van der Waals surface area contributed by atoms with E-state index in [-0.39, 0.29) is 29.0 Å². The molecule has 1 aromatic carbocycles. The van der Waals surface area contributed by atoms with Crippen molar-refractivity contribution in [2.75, 3.05) is 0 Å². The molecule has 20 heavy (non-hydrogen) atoms. The smallest absolute Gasteiger partial charge is 0.251 e. The van der Waals surface area contributed by atoms with Crippen LogP contribution in [-0.2, 0) is 0 Å². The predicted octanol–water partition coefficient (Wildman–Crippen LogP) is 0.776. The molecule has 0 radical (unpaired) electrons. The molecule has 2 rings (SSSR count). The number of rotatable bonds is 4. The summed E-state index contributed by atoms with van der Waals surface area (Å²) in [4.78, 5) is 11.9. The molecule has 1 aromatic rings. The number of halogens is 1. The van der Waals surface area contributed by atoms with E-state index in [1.807, 2.05) is 0 Å². The molecule has 0 heterocycles. The Labute approximate surface area is 116 Å². The fraction of sp³-hybridized carbons (Fsp3) is 0.214. The highest BCUT2D eigenvalue weighted by Gasteiger charge is 2.24. The van der Waals surface area contributed by atoms with Gasteiger partial charge in [0.1, 0.15) is 5.82 Å². The zero-order valence-corrected chi connectivity index (χ0v) is 10.9. The molecule has 0 unspecified atom stereocenters. The highest BCUT2D eigenvalue weighted by molar-refractivity contribution is 5.95. The monoisotopic (exact) mass is 276 g/mol. The van der Waals surface area contributed by atoms with Gasteiger partial charge in [-0.2, -0.15) is 0 Å². The molecule has 0 aliphatic heterocycles. The lowest BCUT2D eigenvalue weighted by atomic mass is 10.1. The van der Waals surface area contributed by atoms with E-state index >= 15 is 0 Å². The fourth-order valence-corrected chi connectivity index (χ4v) is 1.66. The molecular formula is C14H17FN4O. The van der Waals surface area contributed by atoms with Crippen molar-refractivity contribution in [3.8, 4) is 0 Å². The summed E-state index contributed by atoms with van der Waals surface area (Å²) >= 11 is 0. The number of carbonyl (C=O) groups excluding carboxylic acids is 1. The summed E-state index contributed by atoms with van der Waals surface area (Å²) in [5.41, 5.74) is 17.0. The summed E-state index contributed by atoms with van der Waals surface area (Å²) in [6.07, 6.45) is 4.74. The molecule has 0 aromatic heterocycles. The molecule has 1 amide bonds. The van der Waals surface area contributed by atoms with Crippen LogP contribution in [0.1, 0.15) is 28.8 Å². The molecule has 0 bridgehead atoms. The van der Waals surface area contributed by atoms with Crippen LogP contribution in [-0.4, -0.2) is 11.9 Å². The van der Waals surface area contributed by atoms with Crippen molar-refractivity contribution in [3.05, 3.63) is 53.1 Å². The van der Waals surface area contributed by atoms with E-state index in [4.69, 9.17) is 17.2 Å². The van der Waals surface area contributed by atoms with Crippen LogP contribution in [0.25, 0.3) is 5.70 Å². The molecule has 1 aliphatic carbocycles. The molecule has 106 valence electrons. The molecule has 0 saturated heterocycles. The van der Waals surface area contributed by atoms with Crippen molar-refractivity contribution >= 4 is 11.6 Å². The van der Waals surface area contributed by atoms with Crippen LogP contribution in [0, 0.1) is 5.82 Å². The molecule has 1 aliphatic rings. The average Bonchev–Trinajstić information content (AvgIpc) is 3.20. The third-order valence-corrected chi connectivity index (χ3v) is 2.91. The zero-order valence-electron chi connectivity index (χ0n) is 10.9. The van der Waals surface area contributed by atoms with Crippen LogP contribution in [0.3, 0.4) is 0 Å². The van der Waals surface area contributed by atoms with E-state index < -0.39 is 5.82 Å². The van der Waals surface area contributed by atoms with Gasteiger partial charge in [0.2, 0.25) is 0 Å². The van der Waals surface area contributed by atoms with Gasteiger partial charge < -0.3 is 22.5 Å². The van der Waals surface area contributed by atoms with Gasteiger partial charge in [0.15, 0.2) is 0 Å². The highest BCUT2D eigenvalue weighted by atomic mass is 19.1. The second kappa shape index (κ2) is 5.64. The van der Waals surface area contributed by atoms with Crippen molar-refractivity contribution in [2.24, 2.45) is 17.2 Å². The number of nitrogens with two attached hydrogens (primary N) is 3. The lowest BCUT2D eigenvalue weighted by molar-refractivity contribution is 0.0951. The maximum atomic E-state index is 13.7. The van der Waals surface area contributed by atoms with Gasteiger partial charge in [0, 0.05) is 22.9 Å². The predicted molar refractivity (Wildman–Crippen MR) is 75.5 cm³/mol. The standard InChI is InChI=1S/C14H17FN4O/c15-11-4-1-8(14(20)19-9-2-3-9)7-10(11)12(16)5-6-13(17)18/h1,4-7,9H,2-3,16-18H2,(H,19,20)/b12-5-. The topological polar surface area (TPSA) is 107 Å². The van der Waals surface area contributed by atoms with Crippen LogP contribution >= 0.6 is 0 Å². The molecule has 7 N–H and O–H groups in total. The minimum Gasteiger partial charge on any atom is -0.398 e. The third-order valence-electron chi connectivity index (χ3n) is 2.91. The Morgan fingerprint density at radius 3 is 2.55 bits per heavy atom. The molecule has 0 spiro atoms. The first-order chi connectivity index (χ1) is 9.47. The van der Waals surface area contributed by atoms with Crippen molar-refractivity contribution in [1.82, 2.24) is 5.32 Å². The van der Waals surface area contributed by atoms with Gasteiger partial charge in [-0.15, -0.1) is 0 Å². The summed E-state index contributed by atoms with van der Waals surface area (Å²) in [7, 11) is 0. The van der Waals surface area contributed by atoms with Crippen molar-refractivity contribution in [3.63, 3.8) is 0 Å². The third kappa shape index (κ3) is 3.50. The summed E-state index contributed by atoms with van der Waals surface area (Å²) < 4.78 is 13.7. The van der Waals surface area contributed by atoms with E-state index in [2.05, 4.69) is 5.32 Å². The van der Waals surface area contributed by atoms with Crippen LogP contribution in [0.5, 0.6) is 0 Å². The number of amides is 1. The largest absolute Gasteiger partial charge is 0.398 e. The molecule has 6 heteroatoms. The number of nitrogens with one attached hydrogen (secondary N) is 1. The molecule has 0 atom stereocenters. The summed E-state index contributed by atoms with van der Waals surface area (Å²) in [5.74, 6) is -0.669. The summed E-state index contributed by atoms with van der Waals surface area (Å²) in [6, 6.07) is 4.30. The average molecular weight is 276 g/mol. The lowest BCUT2D eigenvalue weighted by Crippen LogP contribution is -2.25. The zero-order chi connectivity index (χ0) is 14.7. The minimum absolute atomic E-state index is 0.0657. The van der Waals surface area contributed by atoms with Crippen molar-refractivity contribution in [1.29, 1.82) is 0 Å². The summed E-state index contributed by atoms with van der Waals surface area (Å²) in [5, 5.41) is 2.83. The quantitative estimate of drug-likeness (QED) is 0.609. The van der Waals surface area contributed by atoms with E-state index in [0.29, 0.717) is 5.56 Å². The Kier molecular flexibility index (Phi) is 3.93. The Balaban J connectivity index is 2.25. The number of allylic oxidation sites excluding steroid dienone is 2. The van der Waals surface area contributed by atoms with E-state index in [1.54, 1.807) is 0 Å². The SMILES string of the molecule is NC(N)=C/C=C(\N)c1cc(C(=O)NC2CC2)ccc1F. The first-order valence-electron chi connectivity index (χ1n) is 6.26. The Morgan fingerprint density at radius 2 is 1.95 bits per heavy atom. The molecule has 1 saturated carbocycles. The van der Waals surface area contributed by atoms with Gasteiger partial charge in [-0.1, -0.05) is 0 Å². The van der Waals surface area contributed by atoms with Crippen LogP contribution in [0.2, 0.25) is 0 Å². The van der Waals surface area contributed by atoms with E-state index in [1.165, 1.54) is 30.4 Å². The maximum Gasteiger partial charge on any atom is 0.251 e. The normalized spacial score (nSPS) is 14.8. The Morgan fingerprint density at radius 1 is 1.25 bits per heavy atom. The number of carbonyl (C=O) groups is 1. The second-order valence-corrected chi connectivity index (χ2v) is 4.73. The van der Waals surface area contributed by atoms with Crippen LogP contribution < -0.4 is 22.5 Å². The van der Waals surface area contributed by atoms with Crippen LogP contribution in [0.15, 0.2) is 36.2 Å². The minimum atomic E-state index is -0.509. The van der Waals surface area contributed by atoms with Gasteiger partial charge in [0.05, 0.1) is 5.82 Å². The molecule has 1 fully saturated rings. The summed E-state index contributed by atoms with van der Waals surface area (Å²) in [6.45, 7) is 0. The van der Waals surface area contributed by atoms with Gasteiger partial charge in [0.25, 0.3) is 5.91 Å². The van der Waals surface area contributed by atoms with Gasteiger partial charge >= 0.3 is 0 Å². The second-order valence-electron chi connectivity index (χ2n) is 4.73. The molecule has 5 nitrogen and oxygen atoms in total. The van der Waals surface area contributed by atoms with Crippen molar-refractivity contribution < 1.29 is 9.18 Å². The lowest BCUT2D eigenvalue weighted by Gasteiger charge is -2.07. The van der Waals surface area contributed by atoms with Crippen LogP contribution in [0.4, 0.5) is 4.39 Å². The van der Waals surface area contributed by atoms with E-state index in [9.17, 15) is 9.18 Å². The van der Waals surface area contributed by atoms with Gasteiger partial charge in [-0.3, -0.25) is 4.79 Å². The first kappa shape index (κ1) is 13.9. The number of hydrogen-bond donors (Lipinski definition) is 4. The highest BCUT2D eigenvalue weighted by Crippen LogP contribution is 2.21. The van der Waals surface area contributed by atoms with Gasteiger partial charge in [-0.05, 0) is 43.2 Å². The fourth-order valence-electron chi connectivity index (χ4n) is 1.66. The van der Waals surface area contributed by atoms with Crippen molar-refractivity contribution in [2.45, 2.75) is 18.9 Å². The Hall–Kier alpha value is -2.50. The number of benzene rings is 1. The molecular weight excluding hydrogens is 259 g/mol. The van der Waals surface area contributed by atoms with E-state index in [0.717, 1.165) is 12.8 Å².